The number of nitrogens with one attached hydrogen (secondary N) is 1. The zero-order valence-electron chi connectivity index (χ0n) is 10.8. The number of rotatable bonds is 6. The maximum Gasteiger partial charge on any atom is 0.0108 e. The van der Waals surface area contributed by atoms with E-state index in [0.717, 1.165) is 12.1 Å². The molecule has 1 rings (SSSR count). The summed E-state index contributed by atoms with van der Waals surface area (Å²) in [5.74, 6) is 0. The monoisotopic (exact) mass is 213 g/mol. The molecule has 1 N–H and O–H groups in total. The van der Waals surface area contributed by atoms with E-state index in [2.05, 4.69) is 43.3 Å². The van der Waals surface area contributed by atoms with Crippen molar-refractivity contribution in [1.29, 1.82) is 0 Å². The topological polar surface area (TPSA) is 18.5 Å². The molecule has 0 aromatic heterocycles. The highest BCUT2D eigenvalue weighted by molar-refractivity contribution is 4.84. The van der Waals surface area contributed by atoms with Crippen LogP contribution in [0.2, 0.25) is 0 Å². The second-order valence-corrected chi connectivity index (χ2v) is 5.09. The average Bonchev–Trinajstić information content (AvgIpc) is 2.65. The molecule has 0 amide bonds. The first-order valence-electron chi connectivity index (χ1n) is 6.15. The maximum absolute atomic E-state index is 3.39. The summed E-state index contributed by atoms with van der Waals surface area (Å²) in [7, 11) is 8.65. The van der Waals surface area contributed by atoms with Gasteiger partial charge in [0.2, 0.25) is 0 Å². The molecule has 0 aromatic rings. The van der Waals surface area contributed by atoms with Crippen LogP contribution in [0.25, 0.3) is 0 Å². The van der Waals surface area contributed by atoms with Gasteiger partial charge in [-0.25, -0.2) is 0 Å². The lowest BCUT2D eigenvalue weighted by molar-refractivity contribution is 0.229. The summed E-state index contributed by atoms with van der Waals surface area (Å²) in [6.45, 7) is 2.44. The van der Waals surface area contributed by atoms with Crippen LogP contribution in [-0.2, 0) is 0 Å². The summed E-state index contributed by atoms with van der Waals surface area (Å²) >= 11 is 0. The molecule has 15 heavy (non-hydrogen) atoms. The van der Waals surface area contributed by atoms with Crippen molar-refractivity contribution < 1.29 is 0 Å². The van der Waals surface area contributed by atoms with Gasteiger partial charge in [-0.05, 0) is 67.0 Å². The SMILES string of the molecule is CNC1CCC(N(C)CCCN(C)C)C1. The lowest BCUT2D eigenvalue weighted by Crippen LogP contribution is -2.33. The van der Waals surface area contributed by atoms with Crippen molar-refractivity contribution in [3.63, 3.8) is 0 Å². The van der Waals surface area contributed by atoms with Gasteiger partial charge in [0.15, 0.2) is 0 Å². The summed E-state index contributed by atoms with van der Waals surface area (Å²) in [6.07, 6.45) is 5.32. The van der Waals surface area contributed by atoms with E-state index in [1.165, 1.54) is 38.8 Å². The molecule has 1 aliphatic carbocycles. The number of hydrogen-bond acceptors (Lipinski definition) is 3. The Labute approximate surface area is 94.8 Å². The van der Waals surface area contributed by atoms with E-state index in [0.29, 0.717) is 0 Å². The van der Waals surface area contributed by atoms with Crippen LogP contribution in [0.3, 0.4) is 0 Å². The van der Waals surface area contributed by atoms with Gasteiger partial charge < -0.3 is 15.1 Å². The highest BCUT2D eigenvalue weighted by atomic mass is 15.1. The van der Waals surface area contributed by atoms with Crippen LogP contribution in [-0.4, -0.2) is 63.2 Å². The second kappa shape index (κ2) is 6.46. The Morgan fingerprint density at radius 1 is 1.13 bits per heavy atom. The number of nitrogens with zero attached hydrogens (tertiary/aromatic N) is 2. The van der Waals surface area contributed by atoms with Gasteiger partial charge in [-0.3, -0.25) is 0 Å². The standard InChI is InChI=1S/C12H27N3/c1-13-11-6-7-12(10-11)15(4)9-5-8-14(2)3/h11-13H,5-10H2,1-4H3. The fourth-order valence-corrected chi connectivity index (χ4v) is 2.44. The summed E-state index contributed by atoms with van der Waals surface area (Å²) in [4.78, 5) is 4.81. The van der Waals surface area contributed by atoms with E-state index < -0.39 is 0 Å². The third kappa shape index (κ3) is 4.49. The van der Waals surface area contributed by atoms with Crippen LogP contribution < -0.4 is 5.32 Å². The van der Waals surface area contributed by atoms with E-state index in [1.807, 2.05) is 0 Å². The third-order valence-corrected chi connectivity index (χ3v) is 3.55. The Hall–Kier alpha value is -0.120. The summed E-state index contributed by atoms with van der Waals surface area (Å²) in [5, 5.41) is 3.39. The molecule has 3 nitrogen and oxygen atoms in total. The van der Waals surface area contributed by atoms with Crippen molar-refractivity contribution in [3.05, 3.63) is 0 Å². The van der Waals surface area contributed by atoms with Gasteiger partial charge in [-0.1, -0.05) is 0 Å². The van der Waals surface area contributed by atoms with Gasteiger partial charge >= 0.3 is 0 Å². The molecule has 0 aliphatic heterocycles. The molecule has 2 unspecified atom stereocenters. The predicted molar refractivity (Wildman–Crippen MR) is 66.3 cm³/mol. The first-order valence-corrected chi connectivity index (χ1v) is 6.15. The number of hydrogen-bond donors (Lipinski definition) is 1. The first kappa shape index (κ1) is 12.9. The van der Waals surface area contributed by atoms with Crippen molar-refractivity contribution in [1.82, 2.24) is 15.1 Å². The third-order valence-electron chi connectivity index (χ3n) is 3.55. The van der Waals surface area contributed by atoms with Crippen LogP contribution in [0.5, 0.6) is 0 Å². The Morgan fingerprint density at radius 2 is 1.87 bits per heavy atom. The molecule has 0 aromatic carbocycles. The van der Waals surface area contributed by atoms with Crippen molar-refractivity contribution in [2.24, 2.45) is 0 Å². The minimum atomic E-state index is 0.756. The van der Waals surface area contributed by atoms with E-state index in [9.17, 15) is 0 Å². The van der Waals surface area contributed by atoms with E-state index >= 15 is 0 Å². The molecule has 90 valence electrons. The molecule has 0 radical (unpaired) electrons. The molecule has 1 fully saturated rings. The van der Waals surface area contributed by atoms with Crippen LogP contribution in [0, 0.1) is 0 Å². The molecular formula is C12H27N3. The van der Waals surface area contributed by atoms with Gasteiger partial charge in [-0.15, -0.1) is 0 Å². The fraction of sp³-hybridized carbons (Fsp3) is 1.00. The van der Waals surface area contributed by atoms with Gasteiger partial charge in [0.05, 0.1) is 0 Å². The quantitative estimate of drug-likeness (QED) is 0.710. The molecule has 1 saturated carbocycles. The molecule has 0 spiro atoms. The van der Waals surface area contributed by atoms with Crippen LogP contribution in [0.1, 0.15) is 25.7 Å². The Kier molecular flexibility index (Phi) is 5.58. The predicted octanol–water partition coefficient (Wildman–Crippen LogP) is 1.01. The average molecular weight is 213 g/mol. The first-order chi connectivity index (χ1) is 7.13. The van der Waals surface area contributed by atoms with Crippen LogP contribution in [0.15, 0.2) is 0 Å². The lowest BCUT2D eigenvalue weighted by atomic mass is 10.2. The molecule has 2 atom stereocenters. The molecule has 3 heteroatoms. The largest absolute Gasteiger partial charge is 0.317 e. The van der Waals surface area contributed by atoms with Gasteiger partial charge in [0.25, 0.3) is 0 Å². The van der Waals surface area contributed by atoms with E-state index in [4.69, 9.17) is 0 Å². The van der Waals surface area contributed by atoms with Crippen molar-refractivity contribution >= 4 is 0 Å². The van der Waals surface area contributed by atoms with Crippen LogP contribution in [0.4, 0.5) is 0 Å². The Morgan fingerprint density at radius 3 is 2.40 bits per heavy atom. The molecule has 1 aliphatic rings. The fourth-order valence-electron chi connectivity index (χ4n) is 2.44. The van der Waals surface area contributed by atoms with Crippen molar-refractivity contribution in [3.8, 4) is 0 Å². The lowest BCUT2D eigenvalue weighted by Gasteiger charge is -2.25. The maximum atomic E-state index is 3.39. The van der Waals surface area contributed by atoms with Crippen molar-refractivity contribution in [2.75, 3.05) is 41.3 Å². The molecule has 0 bridgehead atoms. The minimum absolute atomic E-state index is 0.756. The van der Waals surface area contributed by atoms with Gasteiger partial charge in [-0.2, -0.15) is 0 Å². The van der Waals surface area contributed by atoms with Gasteiger partial charge in [0.1, 0.15) is 0 Å². The molecule has 0 saturated heterocycles. The molecule has 0 heterocycles. The van der Waals surface area contributed by atoms with Crippen LogP contribution >= 0.6 is 0 Å². The second-order valence-electron chi connectivity index (χ2n) is 5.09. The Balaban J connectivity index is 2.14. The Bertz CT molecular complexity index is 170. The normalized spacial score (nSPS) is 26.8. The highest BCUT2D eigenvalue weighted by Crippen LogP contribution is 2.22. The minimum Gasteiger partial charge on any atom is -0.317 e. The van der Waals surface area contributed by atoms with E-state index in [1.54, 1.807) is 0 Å². The zero-order chi connectivity index (χ0) is 11.3. The summed E-state index contributed by atoms with van der Waals surface area (Å²) in [5.41, 5.74) is 0. The van der Waals surface area contributed by atoms with E-state index in [-0.39, 0.29) is 0 Å². The smallest absolute Gasteiger partial charge is 0.0108 e. The highest BCUT2D eigenvalue weighted by Gasteiger charge is 2.25. The summed E-state index contributed by atoms with van der Waals surface area (Å²) in [6, 6.07) is 1.57. The van der Waals surface area contributed by atoms with Gasteiger partial charge in [0, 0.05) is 12.1 Å². The van der Waals surface area contributed by atoms with Crippen molar-refractivity contribution in [2.45, 2.75) is 37.8 Å². The zero-order valence-corrected chi connectivity index (χ0v) is 10.8. The molecular weight excluding hydrogens is 186 g/mol. The summed E-state index contributed by atoms with van der Waals surface area (Å²) < 4.78 is 0.